The minimum absolute atomic E-state index is 0.0728. The Hall–Kier alpha value is -1.83. The Labute approximate surface area is 186 Å². The maximum Gasteiger partial charge on any atom is 0.410 e. The minimum Gasteiger partial charge on any atom is -0.493 e. The molecule has 0 spiro atoms. The molecule has 176 valence electrons. The Morgan fingerprint density at radius 3 is 2.42 bits per heavy atom. The molecule has 2 rings (SSSR count). The predicted octanol–water partition coefficient (Wildman–Crippen LogP) is 5.06. The Bertz CT molecular complexity index is 840. The van der Waals surface area contributed by atoms with Gasteiger partial charge >= 0.3 is 6.09 Å². The third kappa shape index (κ3) is 8.31. The molecule has 1 amide bonds. The number of carbonyl (C=O) groups is 1. The lowest BCUT2D eigenvalue weighted by atomic mass is 9.92. The number of ether oxygens (including phenoxy) is 2. The first kappa shape index (κ1) is 25.4. The van der Waals surface area contributed by atoms with E-state index in [0.29, 0.717) is 31.4 Å². The van der Waals surface area contributed by atoms with Crippen LogP contribution in [0.25, 0.3) is 0 Å². The van der Waals surface area contributed by atoms with Crippen LogP contribution in [0.3, 0.4) is 0 Å². The van der Waals surface area contributed by atoms with Crippen molar-refractivity contribution in [2.75, 3.05) is 25.4 Å². The number of rotatable bonds is 8. The van der Waals surface area contributed by atoms with Crippen LogP contribution in [-0.2, 0) is 14.6 Å². The maximum atomic E-state index is 14.3. The molecule has 0 unspecified atom stereocenters. The van der Waals surface area contributed by atoms with Crippen LogP contribution in [0.2, 0.25) is 0 Å². The number of hydrogen-bond acceptors (Lipinski definition) is 5. The number of carbonyl (C=O) groups excluding carboxylic acids is 1. The van der Waals surface area contributed by atoms with Gasteiger partial charge in [-0.05, 0) is 70.4 Å². The minimum atomic E-state index is -3.64. The third-order valence-electron chi connectivity index (χ3n) is 5.08. The van der Waals surface area contributed by atoms with Gasteiger partial charge in [-0.1, -0.05) is 13.8 Å². The van der Waals surface area contributed by atoms with Gasteiger partial charge in [-0.15, -0.1) is 0 Å². The summed E-state index contributed by atoms with van der Waals surface area (Å²) in [6.07, 6.45) is 3.37. The summed E-state index contributed by atoms with van der Waals surface area (Å²) in [5, 5.41) is 0. The zero-order valence-corrected chi connectivity index (χ0v) is 20.1. The van der Waals surface area contributed by atoms with Gasteiger partial charge in [-0.25, -0.2) is 17.6 Å². The van der Waals surface area contributed by atoms with Crippen LogP contribution in [0.1, 0.15) is 60.3 Å². The Balaban J connectivity index is 1.74. The van der Waals surface area contributed by atoms with Gasteiger partial charge in [0, 0.05) is 19.2 Å². The largest absolute Gasteiger partial charge is 0.493 e. The van der Waals surface area contributed by atoms with E-state index in [4.69, 9.17) is 9.47 Å². The van der Waals surface area contributed by atoms with Crippen molar-refractivity contribution in [3.63, 3.8) is 0 Å². The fourth-order valence-corrected chi connectivity index (χ4v) is 5.33. The number of piperidine rings is 1. The van der Waals surface area contributed by atoms with Gasteiger partial charge in [0.1, 0.15) is 22.1 Å². The second-order valence-corrected chi connectivity index (χ2v) is 11.7. The molecule has 1 saturated heterocycles. The fourth-order valence-electron chi connectivity index (χ4n) is 3.64. The summed E-state index contributed by atoms with van der Waals surface area (Å²) in [5.74, 6) is -0.0797. The lowest BCUT2D eigenvalue weighted by Gasteiger charge is -2.33. The quantitative estimate of drug-likeness (QED) is 0.510. The number of nitrogens with zero attached hydrogens (tertiary/aromatic N) is 1. The average molecular weight is 458 g/mol. The number of benzene rings is 1. The summed E-state index contributed by atoms with van der Waals surface area (Å²) in [7, 11) is -3.64. The molecule has 0 radical (unpaired) electrons. The van der Waals surface area contributed by atoms with Crippen LogP contribution < -0.4 is 4.74 Å². The highest BCUT2D eigenvalue weighted by atomic mass is 32.2. The molecule has 1 fully saturated rings. The highest BCUT2D eigenvalue weighted by molar-refractivity contribution is 7.91. The Morgan fingerprint density at radius 1 is 1.23 bits per heavy atom. The van der Waals surface area contributed by atoms with E-state index < -0.39 is 21.3 Å². The second kappa shape index (κ2) is 10.7. The molecule has 1 heterocycles. The highest BCUT2D eigenvalue weighted by Gasteiger charge is 2.26. The third-order valence-corrected chi connectivity index (χ3v) is 7.19. The van der Waals surface area contributed by atoms with Crippen LogP contribution in [-0.4, -0.2) is 50.5 Å². The monoisotopic (exact) mass is 457 g/mol. The molecule has 0 aliphatic carbocycles. The SMILES string of the molecule is CC(C)CS(=O)(=O)c1ccc(OCCCC2CCN(C(=O)OC(C)(C)C)CC2)cc1F. The molecular formula is C23H36FNO5S. The molecule has 1 aromatic carbocycles. The summed E-state index contributed by atoms with van der Waals surface area (Å²) in [6, 6.07) is 3.94. The molecule has 0 saturated carbocycles. The van der Waals surface area contributed by atoms with Crippen molar-refractivity contribution < 1.29 is 27.1 Å². The number of likely N-dealkylation sites (tertiary alicyclic amines) is 1. The average Bonchev–Trinajstić information content (AvgIpc) is 2.63. The van der Waals surface area contributed by atoms with Crippen LogP contribution >= 0.6 is 0 Å². The summed E-state index contributed by atoms with van der Waals surface area (Å²) in [6.45, 7) is 11.0. The highest BCUT2D eigenvalue weighted by Crippen LogP contribution is 2.25. The number of halogens is 1. The van der Waals surface area contributed by atoms with Crippen molar-refractivity contribution in [2.24, 2.45) is 11.8 Å². The van der Waals surface area contributed by atoms with Gasteiger partial charge in [-0.3, -0.25) is 0 Å². The first-order valence-electron chi connectivity index (χ1n) is 11.0. The first-order valence-corrected chi connectivity index (χ1v) is 12.7. The van der Waals surface area contributed by atoms with Crippen LogP contribution in [0.5, 0.6) is 5.75 Å². The molecule has 0 bridgehead atoms. The Morgan fingerprint density at radius 2 is 1.87 bits per heavy atom. The summed E-state index contributed by atoms with van der Waals surface area (Å²) in [5.41, 5.74) is -0.485. The van der Waals surface area contributed by atoms with Gasteiger partial charge in [0.25, 0.3) is 0 Å². The first-order chi connectivity index (χ1) is 14.4. The van der Waals surface area contributed by atoms with Crippen LogP contribution in [0.15, 0.2) is 23.1 Å². The maximum absolute atomic E-state index is 14.3. The van der Waals surface area contributed by atoms with E-state index in [9.17, 15) is 17.6 Å². The topological polar surface area (TPSA) is 72.9 Å². The number of amides is 1. The molecule has 1 aliphatic heterocycles. The van der Waals surface area contributed by atoms with E-state index in [2.05, 4.69) is 0 Å². The van der Waals surface area contributed by atoms with Crippen molar-refractivity contribution in [1.82, 2.24) is 4.90 Å². The van der Waals surface area contributed by atoms with Crippen molar-refractivity contribution >= 4 is 15.9 Å². The van der Waals surface area contributed by atoms with E-state index in [1.54, 1.807) is 18.7 Å². The van der Waals surface area contributed by atoms with E-state index in [1.807, 2.05) is 20.8 Å². The van der Waals surface area contributed by atoms with E-state index in [0.717, 1.165) is 31.7 Å². The standard InChI is InChI=1S/C23H36FNO5S/c1-17(2)16-31(27,28)21-9-8-19(15-20(21)24)29-14-6-7-18-10-12-25(13-11-18)22(26)30-23(3,4)5/h8-9,15,17-18H,6-7,10-14,16H2,1-5H3. The zero-order valence-electron chi connectivity index (χ0n) is 19.3. The fraction of sp³-hybridized carbons (Fsp3) is 0.696. The van der Waals surface area contributed by atoms with E-state index in [1.165, 1.54) is 12.1 Å². The van der Waals surface area contributed by atoms with Crippen LogP contribution in [0, 0.1) is 17.7 Å². The molecule has 6 nitrogen and oxygen atoms in total. The molecule has 0 N–H and O–H groups in total. The molecule has 1 aliphatic rings. The number of hydrogen-bond donors (Lipinski definition) is 0. The molecular weight excluding hydrogens is 421 g/mol. The number of sulfone groups is 1. The predicted molar refractivity (Wildman–Crippen MR) is 119 cm³/mol. The molecule has 0 aromatic heterocycles. The van der Waals surface area contributed by atoms with Crippen molar-refractivity contribution in [2.45, 2.75) is 70.8 Å². The summed E-state index contributed by atoms with van der Waals surface area (Å²) in [4.78, 5) is 13.6. The lowest BCUT2D eigenvalue weighted by molar-refractivity contribution is 0.0179. The van der Waals surface area contributed by atoms with E-state index in [-0.39, 0.29) is 22.7 Å². The van der Waals surface area contributed by atoms with Gasteiger partial charge in [-0.2, -0.15) is 0 Å². The normalized spacial score (nSPS) is 15.9. The van der Waals surface area contributed by atoms with Crippen LogP contribution in [0.4, 0.5) is 9.18 Å². The van der Waals surface area contributed by atoms with Gasteiger partial charge < -0.3 is 14.4 Å². The van der Waals surface area contributed by atoms with E-state index >= 15 is 0 Å². The summed E-state index contributed by atoms with van der Waals surface area (Å²) >= 11 is 0. The molecule has 31 heavy (non-hydrogen) atoms. The molecule has 1 aromatic rings. The lowest BCUT2D eigenvalue weighted by Crippen LogP contribution is -2.41. The molecule has 0 atom stereocenters. The zero-order chi connectivity index (χ0) is 23.2. The second-order valence-electron chi connectivity index (χ2n) is 9.67. The van der Waals surface area contributed by atoms with Crippen molar-refractivity contribution in [3.8, 4) is 5.75 Å². The van der Waals surface area contributed by atoms with Crippen molar-refractivity contribution in [1.29, 1.82) is 0 Å². The van der Waals surface area contributed by atoms with Gasteiger partial charge in [0.2, 0.25) is 0 Å². The molecule has 8 heteroatoms. The summed E-state index contributed by atoms with van der Waals surface area (Å²) < 4.78 is 49.8. The Kier molecular flexibility index (Phi) is 8.74. The van der Waals surface area contributed by atoms with Crippen molar-refractivity contribution in [3.05, 3.63) is 24.0 Å². The van der Waals surface area contributed by atoms with Gasteiger partial charge in [0.05, 0.1) is 12.4 Å². The smallest absolute Gasteiger partial charge is 0.410 e. The van der Waals surface area contributed by atoms with Gasteiger partial charge in [0.15, 0.2) is 9.84 Å².